The first kappa shape index (κ1) is 28.9. The van der Waals surface area contributed by atoms with Crippen LogP contribution in [-0.4, -0.2) is 80.7 Å². The number of hydrogen-bond donors (Lipinski definition) is 7. The number of aromatic nitrogens is 4. The van der Waals surface area contributed by atoms with E-state index < -0.39 is 52.1 Å². The molecule has 7 rings (SSSR count). The smallest absolute Gasteiger partial charge is 0.336 e. The Labute approximate surface area is 235 Å². The van der Waals surface area contributed by atoms with E-state index in [2.05, 4.69) is 39.2 Å². The average molecular weight is 621 g/mol. The molecule has 40 heavy (non-hydrogen) atoms. The van der Waals surface area contributed by atoms with Crippen molar-refractivity contribution in [1.82, 2.24) is 24.6 Å². The number of halogens is 1. The van der Waals surface area contributed by atoms with Gasteiger partial charge in [-0.3, -0.25) is 13.7 Å². The predicted octanol–water partition coefficient (Wildman–Crippen LogP) is 2.17. The van der Waals surface area contributed by atoms with Crippen LogP contribution in [-0.2, 0) is 13.9 Å². The van der Waals surface area contributed by atoms with E-state index in [0.717, 1.165) is 19.3 Å². The van der Waals surface area contributed by atoms with Crippen molar-refractivity contribution in [1.29, 1.82) is 0 Å². The molecule has 14 nitrogen and oxygen atoms in total. The van der Waals surface area contributed by atoms with Gasteiger partial charge in [0.05, 0.1) is 6.33 Å². The number of anilines is 1. The molecular formula is C23H35ClN6O8P2. The molecule has 4 bridgehead atoms. The zero-order chi connectivity index (χ0) is 28.9. The van der Waals surface area contributed by atoms with Gasteiger partial charge >= 0.3 is 7.60 Å². The molecule has 2 aromatic heterocycles. The third-order valence-electron chi connectivity index (χ3n) is 8.93. The molecule has 7 N–H and O–H groups in total. The van der Waals surface area contributed by atoms with Crippen LogP contribution < -0.4 is 10.4 Å². The van der Waals surface area contributed by atoms with Crippen LogP contribution in [0.5, 0.6) is 0 Å². The lowest BCUT2D eigenvalue weighted by molar-refractivity contribution is -0.0973. The van der Waals surface area contributed by atoms with Gasteiger partial charge in [-0.1, -0.05) is 13.8 Å². The van der Waals surface area contributed by atoms with Gasteiger partial charge < -0.3 is 34.9 Å². The van der Waals surface area contributed by atoms with Gasteiger partial charge in [0.25, 0.3) is 7.52 Å². The highest BCUT2D eigenvalue weighted by Gasteiger charge is 2.60. The van der Waals surface area contributed by atoms with Crippen LogP contribution in [0.15, 0.2) is 6.33 Å². The van der Waals surface area contributed by atoms with E-state index in [4.69, 9.17) is 26.1 Å². The maximum absolute atomic E-state index is 12.1. The zero-order valence-electron chi connectivity index (χ0n) is 22.1. The van der Waals surface area contributed by atoms with Crippen molar-refractivity contribution in [3.8, 4) is 0 Å². The summed E-state index contributed by atoms with van der Waals surface area (Å²) in [5.74, 6) is -0.130. The second kappa shape index (κ2) is 9.41. The molecule has 9 atom stereocenters. The minimum atomic E-state index is -4.77. The van der Waals surface area contributed by atoms with Crippen molar-refractivity contribution in [2.24, 2.45) is 16.7 Å². The quantitative estimate of drug-likeness (QED) is 0.167. The summed E-state index contributed by atoms with van der Waals surface area (Å²) in [5, 5.41) is 27.2. The lowest BCUT2D eigenvalue weighted by Crippen LogP contribution is -2.61. The van der Waals surface area contributed by atoms with Gasteiger partial charge in [0.1, 0.15) is 24.2 Å². The number of rotatable bonds is 8. The SMILES string of the molecule is C[C@]12CC3CC(Nc4nc(Cl)nc5c4ncn5[C@@H]4O[C@H](CNP(=O)(O)CP(=O)(O)O)C(O)C4O)(C1)C[C@@](C)(C3)C2. The normalized spacial score (nSPS) is 40.5. The minimum absolute atomic E-state index is 0.0243. The topological polar surface area (TPSA) is 212 Å². The summed E-state index contributed by atoms with van der Waals surface area (Å²) in [7, 11) is -9.20. The lowest BCUT2D eigenvalue weighted by atomic mass is 9.43. The summed E-state index contributed by atoms with van der Waals surface area (Å²) in [4.78, 5) is 41.2. The van der Waals surface area contributed by atoms with E-state index in [0.29, 0.717) is 17.3 Å². The molecule has 1 aliphatic heterocycles. The number of ether oxygens (including phenoxy) is 1. The molecule has 5 unspecified atom stereocenters. The fourth-order valence-electron chi connectivity index (χ4n) is 8.66. The van der Waals surface area contributed by atoms with Crippen LogP contribution in [0.2, 0.25) is 5.28 Å². The Hall–Kier alpha value is -1.18. The number of hydrogen-bond acceptors (Lipinski definition) is 9. The van der Waals surface area contributed by atoms with Gasteiger partial charge in [-0.15, -0.1) is 0 Å². The highest BCUT2D eigenvalue weighted by molar-refractivity contribution is 7.71. The summed E-state index contributed by atoms with van der Waals surface area (Å²) in [6.45, 7) is 4.31. The van der Waals surface area contributed by atoms with Crippen molar-refractivity contribution in [2.45, 2.75) is 82.5 Å². The number of nitrogens with zero attached hydrogens (tertiary/aromatic N) is 4. The van der Waals surface area contributed by atoms with Crippen molar-refractivity contribution in [2.75, 3.05) is 17.8 Å². The summed E-state index contributed by atoms with van der Waals surface area (Å²) >= 11 is 6.36. The van der Waals surface area contributed by atoms with E-state index in [-0.39, 0.29) is 27.3 Å². The molecule has 4 aliphatic carbocycles. The number of aliphatic hydroxyl groups excluding tert-OH is 2. The molecule has 17 heteroatoms. The van der Waals surface area contributed by atoms with Crippen LogP contribution in [0.4, 0.5) is 5.82 Å². The number of imidazole rings is 1. The fourth-order valence-corrected chi connectivity index (χ4v) is 11.7. The molecule has 2 aromatic rings. The van der Waals surface area contributed by atoms with Gasteiger partial charge in [-0.05, 0) is 66.9 Å². The standard InChI is InChI=1S/C23H35ClN6O8P2/c1-21-3-12-4-22(2,7-21)9-23(5-12,8-21)29-17-14-18(28-20(24)27-17)30(10-25-14)19-16(32)15(31)13(38-19)6-26-39(33,34)11-40(35,36)37/h10,12-13,15-16,19,31-32H,3-9,11H2,1-2H3,(H2,26,33,34)(H,27,28,29)(H2,35,36,37)/t12?,13-,15?,16?,19-,21-,22+,23?/m1/s1. The number of aliphatic hydroxyl groups is 2. The van der Waals surface area contributed by atoms with Gasteiger partial charge in [0.15, 0.2) is 23.2 Å². The van der Waals surface area contributed by atoms with Crippen LogP contribution in [0.1, 0.15) is 58.6 Å². The molecule has 0 aromatic carbocycles. The second-order valence-corrected chi connectivity index (χ2v) is 17.6. The molecule has 4 saturated carbocycles. The van der Waals surface area contributed by atoms with Crippen LogP contribution in [0.25, 0.3) is 11.2 Å². The Kier molecular flexibility index (Phi) is 6.80. The predicted molar refractivity (Wildman–Crippen MR) is 145 cm³/mol. The molecule has 0 spiro atoms. The second-order valence-electron chi connectivity index (χ2n) is 13.1. The fraction of sp³-hybridized carbons (Fsp3) is 0.783. The van der Waals surface area contributed by atoms with E-state index in [1.54, 1.807) is 0 Å². The van der Waals surface area contributed by atoms with Crippen LogP contribution >= 0.6 is 26.7 Å². The Morgan fingerprint density at radius 2 is 1.75 bits per heavy atom. The lowest BCUT2D eigenvalue weighted by Gasteiger charge is -2.65. The largest absolute Gasteiger partial charge is 0.387 e. The summed E-state index contributed by atoms with van der Waals surface area (Å²) in [6.07, 6.45) is 2.92. The van der Waals surface area contributed by atoms with Crippen molar-refractivity contribution in [3.63, 3.8) is 0 Å². The maximum atomic E-state index is 12.1. The molecule has 222 valence electrons. The van der Waals surface area contributed by atoms with Crippen molar-refractivity contribution < 1.29 is 38.8 Å². The molecular weight excluding hydrogens is 586 g/mol. The van der Waals surface area contributed by atoms with Gasteiger partial charge in [-0.2, -0.15) is 9.97 Å². The van der Waals surface area contributed by atoms with Crippen molar-refractivity contribution in [3.05, 3.63) is 11.6 Å². The zero-order valence-corrected chi connectivity index (χ0v) is 24.7. The average Bonchev–Trinajstić information content (AvgIpc) is 3.29. The minimum Gasteiger partial charge on any atom is -0.387 e. The summed E-state index contributed by atoms with van der Waals surface area (Å²) in [6, 6.07) is 0. The molecule has 0 amide bonds. The van der Waals surface area contributed by atoms with Gasteiger partial charge in [0, 0.05) is 12.1 Å². The van der Waals surface area contributed by atoms with E-state index in [9.17, 15) is 24.2 Å². The highest BCUT2D eigenvalue weighted by Crippen LogP contribution is 2.67. The molecule has 0 radical (unpaired) electrons. The van der Waals surface area contributed by atoms with Crippen LogP contribution in [0.3, 0.4) is 0 Å². The maximum Gasteiger partial charge on any atom is 0.336 e. The van der Waals surface area contributed by atoms with Crippen molar-refractivity contribution >= 4 is 43.7 Å². The first-order valence-electron chi connectivity index (χ1n) is 13.3. The van der Waals surface area contributed by atoms with Gasteiger partial charge in [0.2, 0.25) is 5.28 Å². The van der Waals surface area contributed by atoms with E-state index in [1.165, 1.54) is 30.2 Å². The first-order chi connectivity index (χ1) is 18.5. The Morgan fingerprint density at radius 3 is 2.38 bits per heavy atom. The Bertz CT molecular complexity index is 1420. The summed E-state index contributed by atoms with van der Waals surface area (Å²) in [5.41, 5.74) is 1.11. The Balaban J connectivity index is 1.25. The molecule has 5 fully saturated rings. The number of nitrogens with one attached hydrogen (secondary N) is 2. The highest BCUT2D eigenvalue weighted by atomic mass is 35.5. The van der Waals surface area contributed by atoms with E-state index >= 15 is 0 Å². The molecule has 3 heterocycles. The third-order valence-corrected chi connectivity index (χ3v) is 12.8. The molecule has 1 saturated heterocycles. The third kappa shape index (κ3) is 5.37. The first-order valence-corrected chi connectivity index (χ1v) is 17.3. The molecule has 5 aliphatic rings. The number of fused-ring (bicyclic) bond motifs is 1. The van der Waals surface area contributed by atoms with E-state index in [1.807, 2.05) is 0 Å². The van der Waals surface area contributed by atoms with Gasteiger partial charge in [-0.25, -0.2) is 10.1 Å². The Morgan fingerprint density at radius 1 is 1.07 bits per heavy atom. The van der Waals surface area contributed by atoms with Crippen LogP contribution in [0, 0.1) is 16.7 Å². The monoisotopic (exact) mass is 620 g/mol. The summed E-state index contributed by atoms with van der Waals surface area (Å²) < 4.78 is 30.5.